The van der Waals surface area contributed by atoms with Crippen LogP contribution in [0, 0.1) is 11.8 Å². The Bertz CT molecular complexity index is 990. The van der Waals surface area contributed by atoms with Crippen molar-refractivity contribution in [3.8, 4) is 5.75 Å². The van der Waals surface area contributed by atoms with Crippen LogP contribution in [0.1, 0.15) is 25.7 Å². The molecule has 0 spiro atoms. The number of hydrogen-bond acceptors (Lipinski definition) is 6. The molecule has 1 atom stereocenters. The van der Waals surface area contributed by atoms with Gasteiger partial charge >= 0.3 is 0 Å². The van der Waals surface area contributed by atoms with Gasteiger partial charge in [-0.25, -0.2) is 4.98 Å². The first kappa shape index (κ1) is 21.6. The summed E-state index contributed by atoms with van der Waals surface area (Å²) in [5.41, 5.74) is 6.64. The van der Waals surface area contributed by atoms with E-state index in [1.54, 1.807) is 36.5 Å². The highest BCUT2D eigenvalue weighted by molar-refractivity contribution is 5.94. The molecule has 4 rings (SSSR count). The van der Waals surface area contributed by atoms with Crippen LogP contribution in [-0.2, 0) is 14.4 Å². The smallest absolute Gasteiger partial charge is 0.262 e. The van der Waals surface area contributed by atoms with E-state index in [2.05, 4.69) is 15.6 Å². The average Bonchev–Trinajstić information content (AvgIpc) is 3.64. The van der Waals surface area contributed by atoms with Crippen molar-refractivity contribution in [2.24, 2.45) is 17.6 Å². The number of carbonyl (C=O) groups is 3. The minimum absolute atomic E-state index is 0.0190. The van der Waals surface area contributed by atoms with Gasteiger partial charge in [-0.3, -0.25) is 14.4 Å². The second-order valence-electron chi connectivity index (χ2n) is 8.22. The van der Waals surface area contributed by atoms with Gasteiger partial charge in [-0.2, -0.15) is 0 Å². The van der Waals surface area contributed by atoms with Crippen LogP contribution in [-0.4, -0.2) is 42.4 Å². The largest absolute Gasteiger partial charge is 0.484 e. The summed E-state index contributed by atoms with van der Waals surface area (Å²) in [6.07, 6.45) is 5.13. The van der Waals surface area contributed by atoms with Crippen LogP contribution in [0.5, 0.6) is 5.75 Å². The van der Waals surface area contributed by atoms with Crippen molar-refractivity contribution in [3.05, 3.63) is 42.6 Å². The third kappa shape index (κ3) is 5.75. The molecule has 2 aliphatic rings. The Morgan fingerprint density at radius 2 is 1.91 bits per heavy atom. The van der Waals surface area contributed by atoms with Gasteiger partial charge in [0.2, 0.25) is 11.8 Å². The molecule has 2 heterocycles. The number of benzene rings is 1. The normalized spacial score (nSPS) is 18.0. The first-order chi connectivity index (χ1) is 15.5. The summed E-state index contributed by atoms with van der Waals surface area (Å²) >= 11 is 0. The number of nitrogens with one attached hydrogen (secondary N) is 2. The number of ether oxygens (including phenoxy) is 1. The Labute approximate surface area is 186 Å². The van der Waals surface area contributed by atoms with E-state index in [0.29, 0.717) is 23.7 Å². The summed E-state index contributed by atoms with van der Waals surface area (Å²) in [5, 5.41) is 5.61. The summed E-state index contributed by atoms with van der Waals surface area (Å²) in [7, 11) is 0. The number of aromatic nitrogens is 1. The Morgan fingerprint density at radius 1 is 1.06 bits per heavy atom. The van der Waals surface area contributed by atoms with Gasteiger partial charge in [0.1, 0.15) is 11.6 Å². The molecular weight excluding hydrogens is 410 g/mol. The molecule has 1 aliphatic carbocycles. The Kier molecular flexibility index (Phi) is 6.53. The molecule has 1 saturated heterocycles. The lowest BCUT2D eigenvalue weighted by atomic mass is 9.97. The lowest BCUT2D eigenvalue weighted by Crippen LogP contribution is -2.41. The van der Waals surface area contributed by atoms with E-state index in [0.717, 1.165) is 38.0 Å². The maximum absolute atomic E-state index is 12.3. The van der Waals surface area contributed by atoms with Gasteiger partial charge in [-0.1, -0.05) is 6.07 Å². The molecule has 1 aromatic heterocycles. The van der Waals surface area contributed by atoms with E-state index in [-0.39, 0.29) is 36.2 Å². The van der Waals surface area contributed by atoms with E-state index in [4.69, 9.17) is 10.5 Å². The molecule has 9 heteroatoms. The highest BCUT2D eigenvalue weighted by atomic mass is 16.5. The molecule has 1 aromatic carbocycles. The maximum Gasteiger partial charge on any atom is 0.262 e. The van der Waals surface area contributed by atoms with Crippen molar-refractivity contribution in [1.82, 2.24) is 4.98 Å². The van der Waals surface area contributed by atoms with Gasteiger partial charge in [0.25, 0.3) is 5.91 Å². The second kappa shape index (κ2) is 9.67. The first-order valence-electron chi connectivity index (χ1n) is 10.8. The minimum atomic E-state index is -0.321. The number of primary amides is 1. The van der Waals surface area contributed by atoms with Crippen molar-refractivity contribution >= 4 is 34.9 Å². The molecule has 1 saturated carbocycles. The third-order valence-corrected chi connectivity index (χ3v) is 5.60. The SMILES string of the molecule is NC(=O)C1CCCN(c2ccc(NC(=O)COc3cccc(NC(=O)C4CC4)c3)cn2)C1. The summed E-state index contributed by atoms with van der Waals surface area (Å²) in [6, 6.07) is 10.6. The van der Waals surface area contributed by atoms with Gasteiger partial charge in [-0.05, 0) is 49.9 Å². The molecule has 4 N–H and O–H groups in total. The first-order valence-corrected chi connectivity index (χ1v) is 10.8. The molecular formula is C23H27N5O4. The summed E-state index contributed by atoms with van der Waals surface area (Å²) in [5.74, 6) is 0.609. The lowest BCUT2D eigenvalue weighted by molar-refractivity contribution is -0.122. The van der Waals surface area contributed by atoms with Gasteiger partial charge in [0.15, 0.2) is 6.61 Å². The minimum Gasteiger partial charge on any atom is -0.484 e. The third-order valence-electron chi connectivity index (χ3n) is 5.60. The molecule has 9 nitrogen and oxygen atoms in total. The number of carbonyl (C=O) groups excluding carboxylic acids is 3. The highest BCUT2D eigenvalue weighted by Gasteiger charge is 2.29. The van der Waals surface area contributed by atoms with Gasteiger partial charge in [-0.15, -0.1) is 0 Å². The standard InChI is InChI=1S/C23H27N5O4/c24-22(30)16-3-2-10-28(13-16)20-9-8-18(12-25-20)26-21(29)14-32-19-5-1-4-17(11-19)27-23(31)15-6-7-15/h1,4-5,8-9,11-12,15-16H,2-3,6-7,10,13-14H2,(H2,24,30)(H,26,29)(H,27,31). The fourth-order valence-corrected chi connectivity index (χ4v) is 3.66. The molecule has 2 fully saturated rings. The molecule has 1 unspecified atom stereocenters. The molecule has 0 radical (unpaired) electrons. The van der Waals surface area contributed by atoms with Crippen molar-refractivity contribution < 1.29 is 19.1 Å². The van der Waals surface area contributed by atoms with E-state index in [1.807, 2.05) is 11.0 Å². The number of anilines is 3. The van der Waals surface area contributed by atoms with Crippen LogP contribution in [0.25, 0.3) is 0 Å². The highest BCUT2D eigenvalue weighted by Crippen LogP contribution is 2.30. The summed E-state index contributed by atoms with van der Waals surface area (Å²) < 4.78 is 5.56. The van der Waals surface area contributed by atoms with Crippen molar-refractivity contribution in [2.45, 2.75) is 25.7 Å². The maximum atomic E-state index is 12.3. The fourth-order valence-electron chi connectivity index (χ4n) is 3.66. The van der Waals surface area contributed by atoms with Crippen LogP contribution in [0.15, 0.2) is 42.6 Å². The van der Waals surface area contributed by atoms with E-state index < -0.39 is 0 Å². The number of nitrogens with zero attached hydrogens (tertiary/aromatic N) is 2. The van der Waals surface area contributed by atoms with Crippen LogP contribution in [0.2, 0.25) is 0 Å². The Balaban J connectivity index is 1.26. The quantitative estimate of drug-likeness (QED) is 0.581. The second-order valence-corrected chi connectivity index (χ2v) is 8.22. The van der Waals surface area contributed by atoms with Crippen LogP contribution < -0.4 is 26.0 Å². The fraction of sp³-hybridized carbons (Fsp3) is 0.391. The molecule has 32 heavy (non-hydrogen) atoms. The van der Waals surface area contributed by atoms with Crippen LogP contribution in [0.3, 0.4) is 0 Å². The molecule has 168 valence electrons. The van der Waals surface area contributed by atoms with Crippen LogP contribution >= 0.6 is 0 Å². The monoisotopic (exact) mass is 437 g/mol. The Hall–Kier alpha value is -3.62. The molecule has 1 aliphatic heterocycles. The molecule has 0 bridgehead atoms. The number of nitrogens with two attached hydrogens (primary N) is 1. The number of pyridine rings is 1. The molecule has 3 amide bonds. The number of hydrogen-bond donors (Lipinski definition) is 3. The van der Waals surface area contributed by atoms with Crippen molar-refractivity contribution in [1.29, 1.82) is 0 Å². The topological polar surface area (TPSA) is 127 Å². The van der Waals surface area contributed by atoms with Crippen molar-refractivity contribution in [2.75, 3.05) is 35.2 Å². The van der Waals surface area contributed by atoms with E-state index in [1.165, 1.54) is 0 Å². The zero-order valence-electron chi connectivity index (χ0n) is 17.8. The van der Waals surface area contributed by atoms with Crippen molar-refractivity contribution in [3.63, 3.8) is 0 Å². The Morgan fingerprint density at radius 3 is 2.62 bits per heavy atom. The van der Waals surface area contributed by atoms with Crippen LogP contribution in [0.4, 0.5) is 17.2 Å². The summed E-state index contributed by atoms with van der Waals surface area (Å²) in [4.78, 5) is 42.0. The average molecular weight is 438 g/mol. The number of amides is 3. The van der Waals surface area contributed by atoms with E-state index in [9.17, 15) is 14.4 Å². The number of rotatable bonds is 8. The zero-order chi connectivity index (χ0) is 22.5. The zero-order valence-corrected chi connectivity index (χ0v) is 17.8. The van der Waals surface area contributed by atoms with E-state index >= 15 is 0 Å². The summed E-state index contributed by atoms with van der Waals surface area (Å²) in [6.45, 7) is 1.20. The van der Waals surface area contributed by atoms with Gasteiger partial charge in [0, 0.05) is 30.8 Å². The lowest BCUT2D eigenvalue weighted by Gasteiger charge is -2.32. The number of piperidine rings is 1. The van der Waals surface area contributed by atoms with Gasteiger partial charge in [0.05, 0.1) is 17.8 Å². The molecule has 2 aromatic rings. The van der Waals surface area contributed by atoms with Gasteiger partial charge < -0.3 is 26.0 Å². The predicted octanol–water partition coefficient (Wildman–Crippen LogP) is 2.15. The predicted molar refractivity (Wildman–Crippen MR) is 120 cm³/mol.